The van der Waals surface area contributed by atoms with Crippen molar-refractivity contribution >= 4 is 17.4 Å². The molecule has 1 unspecified atom stereocenters. The molecule has 2 rings (SSSR count). The summed E-state index contributed by atoms with van der Waals surface area (Å²) in [6, 6.07) is 3.93. The van der Waals surface area contributed by atoms with Gasteiger partial charge in [0.25, 0.3) is 0 Å². The summed E-state index contributed by atoms with van der Waals surface area (Å²) in [5.74, 6) is 2.22. The van der Waals surface area contributed by atoms with Crippen LogP contribution in [0.1, 0.15) is 37.4 Å². The number of anilines is 1. The number of hydrogen-bond donors (Lipinski definition) is 1. The fraction of sp³-hybridized carbons (Fsp3) is 0.625. The lowest BCUT2D eigenvalue weighted by Crippen LogP contribution is -2.34. The van der Waals surface area contributed by atoms with Crippen LogP contribution in [0.15, 0.2) is 12.1 Å². The highest BCUT2D eigenvalue weighted by molar-refractivity contribution is 7.99. The van der Waals surface area contributed by atoms with Crippen LogP contribution in [0.25, 0.3) is 0 Å². The summed E-state index contributed by atoms with van der Waals surface area (Å²) in [5.41, 5.74) is 3.04. The van der Waals surface area contributed by atoms with Gasteiger partial charge in [0.05, 0.1) is 0 Å². The molecule has 112 valence electrons. The molecule has 20 heavy (non-hydrogen) atoms. The highest BCUT2D eigenvalue weighted by Crippen LogP contribution is 2.31. The van der Waals surface area contributed by atoms with E-state index in [0.29, 0.717) is 0 Å². The van der Waals surface area contributed by atoms with Gasteiger partial charge >= 0.3 is 0 Å². The van der Waals surface area contributed by atoms with E-state index < -0.39 is 0 Å². The predicted octanol–water partition coefficient (Wildman–Crippen LogP) is 3.75. The molecular formula is C16H25FN2S. The molecule has 1 heterocycles. The summed E-state index contributed by atoms with van der Waals surface area (Å²) < 4.78 is 14.0. The van der Waals surface area contributed by atoms with Gasteiger partial charge in [-0.3, -0.25) is 0 Å². The van der Waals surface area contributed by atoms with Crippen molar-refractivity contribution < 1.29 is 4.39 Å². The maximum Gasteiger partial charge on any atom is 0.126 e. The first kappa shape index (κ1) is 15.6. The molecule has 1 aromatic carbocycles. The molecule has 0 saturated carbocycles. The van der Waals surface area contributed by atoms with Crippen LogP contribution in [0.5, 0.6) is 0 Å². The summed E-state index contributed by atoms with van der Waals surface area (Å²) in [7, 11) is 0. The van der Waals surface area contributed by atoms with E-state index in [1.54, 1.807) is 6.07 Å². The molecule has 1 atom stereocenters. The van der Waals surface area contributed by atoms with Crippen LogP contribution >= 0.6 is 11.8 Å². The average molecular weight is 296 g/mol. The summed E-state index contributed by atoms with van der Waals surface area (Å²) in [4.78, 5) is 2.41. The van der Waals surface area contributed by atoms with Gasteiger partial charge < -0.3 is 10.2 Å². The number of thioether (sulfide) groups is 1. The maximum absolute atomic E-state index is 14.0. The van der Waals surface area contributed by atoms with Gasteiger partial charge in [0.2, 0.25) is 0 Å². The fourth-order valence-electron chi connectivity index (χ4n) is 2.58. The lowest BCUT2D eigenvalue weighted by Gasteiger charge is -2.32. The Labute approximate surface area is 126 Å². The first-order valence-electron chi connectivity index (χ1n) is 7.49. The Balaban J connectivity index is 2.29. The normalized spacial score (nSPS) is 17.3. The Kier molecular flexibility index (Phi) is 5.73. The zero-order valence-electron chi connectivity index (χ0n) is 12.7. The molecule has 0 spiro atoms. The van der Waals surface area contributed by atoms with Gasteiger partial charge in [-0.15, -0.1) is 0 Å². The molecule has 2 nitrogen and oxygen atoms in total. The van der Waals surface area contributed by atoms with Crippen molar-refractivity contribution in [2.45, 2.75) is 33.2 Å². The molecule has 1 aliphatic heterocycles. The first-order valence-corrected chi connectivity index (χ1v) is 8.65. The van der Waals surface area contributed by atoms with Crippen molar-refractivity contribution in [2.75, 3.05) is 36.0 Å². The Bertz CT molecular complexity index is 444. The molecular weight excluding hydrogens is 271 g/mol. The van der Waals surface area contributed by atoms with E-state index >= 15 is 0 Å². The Morgan fingerprint density at radius 2 is 2.05 bits per heavy atom. The van der Waals surface area contributed by atoms with Crippen LogP contribution in [0.3, 0.4) is 0 Å². The summed E-state index contributed by atoms with van der Waals surface area (Å²) in [5, 5.41) is 3.48. The van der Waals surface area contributed by atoms with E-state index in [1.807, 2.05) is 24.8 Å². The van der Waals surface area contributed by atoms with Crippen LogP contribution in [0.4, 0.5) is 10.1 Å². The van der Waals surface area contributed by atoms with E-state index in [4.69, 9.17) is 0 Å². The van der Waals surface area contributed by atoms with Crippen molar-refractivity contribution in [3.8, 4) is 0 Å². The van der Waals surface area contributed by atoms with Crippen LogP contribution in [0.2, 0.25) is 0 Å². The minimum Gasteiger partial charge on any atom is -0.370 e. The van der Waals surface area contributed by atoms with Gasteiger partial charge in [-0.1, -0.05) is 6.92 Å². The number of hydrogen-bond acceptors (Lipinski definition) is 3. The fourth-order valence-corrected chi connectivity index (χ4v) is 3.48. The largest absolute Gasteiger partial charge is 0.370 e. The number of nitrogens with zero attached hydrogens (tertiary/aromatic N) is 1. The van der Waals surface area contributed by atoms with Crippen molar-refractivity contribution in [3.63, 3.8) is 0 Å². The molecule has 1 saturated heterocycles. The predicted molar refractivity (Wildman–Crippen MR) is 87.4 cm³/mol. The zero-order valence-corrected chi connectivity index (χ0v) is 13.5. The van der Waals surface area contributed by atoms with Crippen molar-refractivity contribution in [1.29, 1.82) is 0 Å². The highest BCUT2D eigenvalue weighted by atomic mass is 32.2. The van der Waals surface area contributed by atoms with E-state index in [0.717, 1.165) is 48.7 Å². The SMILES string of the molecule is CCCNC(C)c1cc(F)c(C)cc1N1CCSCC1. The van der Waals surface area contributed by atoms with Gasteiger partial charge in [0.1, 0.15) is 5.82 Å². The average Bonchev–Trinajstić information content (AvgIpc) is 2.48. The number of benzene rings is 1. The second-order valence-electron chi connectivity index (χ2n) is 5.44. The number of aryl methyl sites for hydroxylation is 1. The topological polar surface area (TPSA) is 15.3 Å². The molecule has 0 amide bonds. The summed E-state index contributed by atoms with van der Waals surface area (Å²) in [6.07, 6.45) is 1.09. The van der Waals surface area contributed by atoms with Crippen LogP contribution in [-0.4, -0.2) is 31.1 Å². The Morgan fingerprint density at radius 1 is 1.35 bits per heavy atom. The van der Waals surface area contributed by atoms with Crippen LogP contribution in [0, 0.1) is 12.7 Å². The van der Waals surface area contributed by atoms with E-state index in [1.165, 1.54) is 5.69 Å². The van der Waals surface area contributed by atoms with Gasteiger partial charge in [0, 0.05) is 36.3 Å². The zero-order chi connectivity index (χ0) is 14.5. The highest BCUT2D eigenvalue weighted by Gasteiger charge is 2.19. The Morgan fingerprint density at radius 3 is 2.70 bits per heavy atom. The molecule has 1 aromatic rings. The second-order valence-corrected chi connectivity index (χ2v) is 6.66. The monoisotopic (exact) mass is 296 g/mol. The minimum atomic E-state index is -0.0970. The number of nitrogens with one attached hydrogen (secondary N) is 1. The second kappa shape index (κ2) is 7.32. The van der Waals surface area contributed by atoms with Crippen LogP contribution < -0.4 is 10.2 Å². The molecule has 1 aliphatic rings. The molecule has 0 radical (unpaired) electrons. The molecule has 4 heteroatoms. The smallest absolute Gasteiger partial charge is 0.126 e. The maximum atomic E-state index is 14.0. The molecule has 1 fully saturated rings. The van der Waals surface area contributed by atoms with Crippen molar-refractivity contribution in [2.24, 2.45) is 0 Å². The number of halogens is 1. The van der Waals surface area contributed by atoms with Gasteiger partial charge in [-0.25, -0.2) is 4.39 Å². The van der Waals surface area contributed by atoms with Gasteiger partial charge in [-0.05, 0) is 50.1 Å². The third-order valence-corrected chi connectivity index (χ3v) is 4.77. The van der Waals surface area contributed by atoms with Crippen molar-refractivity contribution in [1.82, 2.24) is 5.32 Å². The third kappa shape index (κ3) is 3.67. The lowest BCUT2D eigenvalue weighted by molar-refractivity contribution is 0.559. The number of rotatable bonds is 5. The lowest BCUT2D eigenvalue weighted by atomic mass is 10.0. The van der Waals surface area contributed by atoms with E-state index in [9.17, 15) is 4.39 Å². The van der Waals surface area contributed by atoms with Crippen molar-refractivity contribution in [3.05, 3.63) is 29.1 Å². The van der Waals surface area contributed by atoms with E-state index in [-0.39, 0.29) is 11.9 Å². The first-order chi connectivity index (χ1) is 9.63. The standard InChI is InChI=1S/C16H25FN2S/c1-4-5-18-13(3)14-11-15(17)12(2)10-16(14)19-6-8-20-9-7-19/h10-11,13,18H,4-9H2,1-3H3. The molecule has 0 aliphatic carbocycles. The Hall–Kier alpha value is -0.740. The molecule has 1 N–H and O–H groups in total. The van der Waals surface area contributed by atoms with Crippen LogP contribution in [-0.2, 0) is 0 Å². The van der Waals surface area contributed by atoms with Gasteiger partial charge in [-0.2, -0.15) is 11.8 Å². The molecule has 0 aromatic heterocycles. The van der Waals surface area contributed by atoms with Gasteiger partial charge in [0.15, 0.2) is 0 Å². The third-order valence-electron chi connectivity index (χ3n) is 3.83. The summed E-state index contributed by atoms with van der Waals surface area (Å²) >= 11 is 2.00. The minimum absolute atomic E-state index is 0.0970. The molecule has 0 bridgehead atoms. The van der Waals surface area contributed by atoms with E-state index in [2.05, 4.69) is 24.1 Å². The quantitative estimate of drug-likeness (QED) is 0.891. The summed E-state index contributed by atoms with van der Waals surface area (Å²) in [6.45, 7) is 9.21.